The molecule has 0 fully saturated rings. The van der Waals surface area contributed by atoms with E-state index in [1.54, 1.807) is 0 Å². The number of nitrogens with one attached hydrogen (secondary N) is 1. The van der Waals surface area contributed by atoms with Crippen LogP contribution in [0.3, 0.4) is 0 Å². The monoisotopic (exact) mass is 301 g/mol. The predicted molar refractivity (Wildman–Crippen MR) is 73.1 cm³/mol. The van der Waals surface area contributed by atoms with E-state index in [9.17, 15) is 4.79 Å². The van der Waals surface area contributed by atoms with Crippen LogP contribution in [0.1, 0.15) is 44.2 Å². The first kappa shape index (κ1) is 14.3. The van der Waals surface area contributed by atoms with Gasteiger partial charge in [-0.3, -0.25) is 4.79 Å². The van der Waals surface area contributed by atoms with Gasteiger partial charge in [-0.1, -0.05) is 0 Å². The maximum Gasteiger partial charge on any atom is 0.268 e. The van der Waals surface area contributed by atoms with Gasteiger partial charge in [-0.25, -0.2) is 0 Å². The Kier molecular flexibility index (Phi) is 4.38. The summed E-state index contributed by atoms with van der Waals surface area (Å²) in [4.78, 5) is 12.1. The second kappa shape index (κ2) is 5.23. The smallest absolute Gasteiger partial charge is 0.268 e. The summed E-state index contributed by atoms with van der Waals surface area (Å²) < 4.78 is 2.84. The van der Waals surface area contributed by atoms with Crippen LogP contribution in [0.25, 0.3) is 0 Å². The normalized spacial score (nSPS) is 11.9. The Bertz CT molecular complexity index is 410. The fourth-order valence-electron chi connectivity index (χ4n) is 1.48. The minimum Gasteiger partial charge on any atom is -0.345 e. The number of aromatic nitrogens is 1. The van der Waals surface area contributed by atoms with Crippen LogP contribution in [-0.4, -0.2) is 22.6 Å². The zero-order chi connectivity index (χ0) is 13.2. The van der Waals surface area contributed by atoms with E-state index in [4.69, 9.17) is 5.73 Å². The molecule has 0 radical (unpaired) electrons. The van der Waals surface area contributed by atoms with Gasteiger partial charge in [-0.15, -0.1) is 0 Å². The van der Waals surface area contributed by atoms with Gasteiger partial charge in [0, 0.05) is 28.8 Å². The highest BCUT2D eigenvalue weighted by molar-refractivity contribution is 9.10. The average molecular weight is 302 g/mol. The van der Waals surface area contributed by atoms with Gasteiger partial charge in [-0.05, 0) is 49.7 Å². The van der Waals surface area contributed by atoms with E-state index in [0.717, 1.165) is 4.47 Å². The Labute approximate surface area is 111 Å². The molecule has 0 aliphatic heterocycles. The molecule has 0 unspecified atom stereocenters. The molecule has 4 nitrogen and oxygen atoms in total. The van der Waals surface area contributed by atoms with Crippen LogP contribution < -0.4 is 11.1 Å². The fourth-order valence-corrected chi connectivity index (χ4v) is 1.91. The van der Waals surface area contributed by atoms with Gasteiger partial charge in [0.25, 0.3) is 5.91 Å². The zero-order valence-corrected chi connectivity index (χ0v) is 12.3. The van der Waals surface area contributed by atoms with E-state index in [-0.39, 0.29) is 11.9 Å². The first-order valence-corrected chi connectivity index (χ1v) is 6.46. The Balaban J connectivity index is 2.96. The molecule has 1 aromatic heterocycles. The van der Waals surface area contributed by atoms with Crippen molar-refractivity contribution >= 4 is 21.8 Å². The van der Waals surface area contributed by atoms with Gasteiger partial charge in [0.15, 0.2) is 0 Å². The largest absolute Gasteiger partial charge is 0.345 e. The quantitative estimate of drug-likeness (QED) is 0.896. The number of nitrogens with zero attached hydrogens (tertiary/aromatic N) is 1. The van der Waals surface area contributed by atoms with Crippen molar-refractivity contribution in [3.8, 4) is 0 Å². The van der Waals surface area contributed by atoms with Crippen molar-refractivity contribution in [2.45, 2.75) is 39.3 Å². The lowest BCUT2D eigenvalue weighted by molar-refractivity contribution is 0.0904. The molecule has 1 aromatic rings. The molecular formula is C12H20BrN3O. The molecule has 0 bridgehead atoms. The van der Waals surface area contributed by atoms with Crippen LogP contribution in [-0.2, 0) is 0 Å². The molecule has 17 heavy (non-hydrogen) atoms. The molecule has 0 saturated heterocycles. The summed E-state index contributed by atoms with van der Waals surface area (Å²) in [6, 6.07) is 2.06. The minimum atomic E-state index is -0.393. The molecule has 5 heteroatoms. The molecule has 0 spiro atoms. The summed E-state index contributed by atoms with van der Waals surface area (Å²) in [5.41, 5.74) is 5.86. The molecular weight excluding hydrogens is 282 g/mol. The third-order valence-corrected chi connectivity index (χ3v) is 3.00. The van der Waals surface area contributed by atoms with Gasteiger partial charge < -0.3 is 15.6 Å². The predicted octanol–water partition coefficient (Wildman–Crippen LogP) is 2.30. The maximum absolute atomic E-state index is 12.1. The molecule has 96 valence electrons. The molecule has 0 atom stereocenters. The summed E-state index contributed by atoms with van der Waals surface area (Å²) in [6.07, 6.45) is 1.91. The summed E-state index contributed by atoms with van der Waals surface area (Å²) in [5.74, 6) is -0.0974. The summed E-state index contributed by atoms with van der Waals surface area (Å²) in [5, 5.41) is 2.93. The molecule has 3 N–H and O–H groups in total. The highest BCUT2D eigenvalue weighted by Crippen LogP contribution is 2.19. The van der Waals surface area contributed by atoms with Gasteiger partial charge in [0.1, 0.15) is 5.69 Å². The van der Waals surface area contributed by atoms with Crippen molar-refractivity contribution in [1.82, 2.24) is 9.88 Å². The molecule has 0 aliphatic rings. The number of nitrogens with two attached hydrogens (primary N) is 1. The van der Waals surface area contributed by atoms with Crippen LogP contribution >= 0.6 is 15.9 Å². The Morgan fingerprint density at radius 1 is 1.59 bits per heavy atom. The second-order valence-electron chi connectivity index (χ2n) is 5.09. The van der Waals surface area contributed by atoms with E-state index in [0.29, 0.717) is 12.2 Å². The van der Waals surface area contributed by atoms with Gasteiger partial charge in [0.2, 0.25) is 0 Å². The first-order valence-electron chi connectivity index (χ1n) is 5.67. The highest BCUT2D eigenvalue weighted by atomic mass is 79.9. The topological polar surface area (TPSA) is 60.0 Å². The van der Waals surface area contributed by atoms with Crippen molar-refractivity contribution in [1.29, 1.82) is 0 Å². The third kappa shape index (κ3) is 3.57. The molecule has 0 saturated carbocycles. The summed E-state index contributed by atoms with van der Waals surface area (Å²) in [6.45, 7) is 8.29. The lowest BCUT2D eigenvalue weighted by atomic mass is 10.1. The SMILES string of the molecule is CC(C)n1cc(Br)cc1C(=O)NC(C)(C)CN. The zero-order valence-electron chi connectivity index (χ0n) is 10.7. The van der Waals surface area contributed by atoms with E-state index in [1.165, 1.54) is 0 Å². The van der Waals surface area contributed by atoms with Crippen LogP contribution in [0, 0.1) is 0 Å². The molecule has 1 rings (SSSR count). The van der Waals surface area contributed by atoms with Crippen LogP contribution in [0.5, 0.6) is 0 Å². The van der Waals surface area contributed by atoms with Crippen LogP contribution in [0.15, 0.2) is 16.7 Å². The van der Waals surface area contributed by atoms with Crippen LogP contribution in [0.2, 0.25) is 0 Å². The molecule has 0 aromatic carbocycles. The van der Waals surface area contributed by atoms with Crippen molar-refractivity contribution in [2.24, 2.45) is 5.73 Å². The van der Waals surface area contributed by atoms with Crippen molar-refractivity contribution < 1.29 is 4.79 Å². The minimum absolute atomic E-state index is 0.0974. The lowest BCUT2D eigenvalue weighted by Crippen LogP contribution is -2.49. The number of rotatable bonds is 4. The highest BCUT2D eigenvalue weighted by Gasteiger charge is 2.22. The second-order valence-corrected chi connectivity index (χ2v) is 6.00. The number of hydrogen-bond acceptors (Lipinski definition) is 2. The van der Waals surface area contributed by atoms with Crippen molar-refractivity contribution in [2.75, 3.05) is 6.54 Å². The number of carbonyl (C=O) groups excluding carboxylic acids is 1. The fraction of sp³-hybridized carbons (Fsp3) is 0.583. The first-order chi connectivity index (χ1) is 7.76. The average Bonchev–Trinajstić information content (AvgIpc) is 2.60. The van der Waals surface area contributed by atoms with E-state index >= 15 is 0 Å². The van der Waals surface area contributed by atoms with Gasteiger partial charge in [0.05, 0.1) is 0 Å². The van der Waals surface area contributed by atoms with Crippen LogP contribution in [0.4, 0.5) is 0 Å². The maximum atomic E-state index is 12.1. The summed E-state index contributed by atoms with van der Waals surface area (Å²) in [7, 11) is 0. The molecule has 1 amide bonds. The standard InChI is InChI=1S/C12H20BrN3O/c1-8(2)16-6-9(13)5-10(16)11(17)15-12(3,4)7-14/h5-6,8H,7,14H2,1-4H3,(H,15,17). The van der Waals surface area contributed by atoms with E-state index in [2.05, 4.69) is 21.2 Å². The Hall–Kier alpha value is -0.810. The third-order valence-electron chi connectivity index (χ3n) is 2.57. The number of carbonyl (C=O) groups is 1. The number of hydrogen-bond donors (Lipinski definition) is 2. The van der Waals surface area contributed by atoms with E-state index < -0.39 is 5.54 Å². The number of amides is 1. The molecule has 0 aliphatic carbocycles. The number of halogens is 1. The summed E-state index contributed by atoms with van der Waals surface area (Å²) >= 11 is 3.39. The Morgan fingerprint density at radius 2 is 2.18 bits per heavy atom. The van der Waals surface area contributed by atoms with Gasteiger partial charge in [-0.2, -0.15) is 0 Å². The van der Waals surface area contributed by atoms with Crippen molar-refractivity contribution in [3.63, 3.8) is 0 Å². The van der Waals surface area contributed by atoms with Crippen molar-refractivity contribution in [3.05, 3.63) is 22.4 Å². The van der Waals surface area contributed by atoms with E-state index in [1.807, 2.05) is 44.5 Å². The molecule has 1 heterocycles. The van der Waals surface area contributed by atoms with Gasteiger partial charge >= 0.3 is 0 Å². The Morgan fingerprint density at radius 3 is 2.65 bits per heavy atom. The lowest BCUT2D eigenvalue weighted by Gasteiger charge is -2.25.